The van der Waals surface area contributed by atoms with E-state index in [9.17, 15) is 40.0 Å². The Hall–Kier alpha value is -4.02. The zero-order valence-corrected chi connectivity index (χ0v) is 18.0. The Morgan fingerprint density at radius 3 is 1.42 bits per heavy atom. The first kappa shape index (κ1) is 23.6. The molecule has 168 valence electrons. The standard InChI is InChI=1S/C21H12Cl2N2O8/c1-9-18(26)14(20(28)12-6-10(24(30)31)2-4-16(12)22)8-15(19(9)27)21(29)13-7-11(25(32)33)3-5-17(13)23/h2-8,26-27H,1H3. The van der Waals surface area contributed by atoms with Crippen LogP contribution >= 0.6 is 23.2 Å². The van der Waals surface area contributed by atoms with Crippen molar-refractivity contribution in [1.82, 2.24) is 0 Å². The number of hydrogen-bond donors (Lipinski definition) is 2. The molecule has 0 heterocycles. The monoisotopic (exact) mass is 490 g/mol. The van der Waals surface area contributed by atoms with Gasteiger partial charge in [-0.05, 0) is 25.1 Å². The van der Waals surface area contributed by atoms with Gasteiger partial charge in [0.25, 0.3) is 11.4 Å². The number of carbonyl (C=O) groups is 2. The number of nitro groups is 2. The maximum absolute atomic E-state index is 13.1. The van der Waals surface area contributed by atoms with E-state index in [0.29, 0.717) is 0 Å². The Kier molecular flexibility index (Phi) is 6.34. The lowest BCUT2D eigenvalue weighted by Crippen LogP contribution is -2.09. The number of nitrogens with zero attached hydrogens (tertiary/aromatic N) is 2. The normalized spacial score (nSPS) is 10.6. The van der Waals surface area contributed by atoms with E-state index in [4.69, 9.17) is 23.2 Å². The minimum absolute atomic E-state index is 0.148. The second-order valence-electron chi connectivity index (χ2n) is 6.79. The van der Waals surface area contributed by atoms with Crippen LogP contribution < -0.4 is 0 Å². The van der Waals surface area contributed by atoms with Crippen molar-refractivity contribution >= 4 is 46.1 Å². The molecule has 0 aliphatic heterocycles. The number of phenols is 2. The maximum atomic E-state index is 13.1. The molecule has 0 aromatic heterocycles. The second-order valence-corrected chi connectivity index (χ2v) is 7.61. The fourth-order valence-corrected chi connectivity index (χ4v) is 3.44. The van der Waals surface area contributed by atoms with Gasteiger partial charge in [0.05, 0.1) is 31.0 Å². The summed E-state index contributed by atoms with van der Waals surface area (Å²) in [7, 11) is 0. The molecule has 33 heavy (non-hydrogen) atoms. The van der Waals surface area contributed by atoms with Gasteiger partial charge in [-0.1, -0.05) is 23.2 Å². The van der Waals surface area contributed by atoms with Crippen molar-refractivity contribution < 1.29 is 29.6 Å². The molecule has 12 heteroatoms. The van der Waals surface area contributed by atoms with Crippen LogP contribution in [0.4, 0.5) is 11.4 Å². The summed E-state index contributed by atoms with van der Waals surface area (Å²) in [4.78, 5) is 46.8. The number of halogens is 2. The lowest BCUT2D eigenvalue weighted by atomic mass is 9.93. The van der Waals surface area contributed by atoms with Crippen LogP contribution in [0.5, 0.6) is 11.5 Å². The number of rotatable bonds is 6. The van der Waals surface area contributed by atoms with Crippen molar-refractivity contribution in [2.75, 3.05) is 0 Å². The van der Waals surface area contributed by atoms with Gasteiger partial charge < -0.3 is 10.2 Å². The molecule has 0 saturated heterocycles. The van der Waals surface area contributed by atoms with Crippen LogP contribution in [0.1, 0.15) is 37.4 Å². The van der Waals surface area contributed by atoms with Gasteiger partial charge in [0.1, 0.15) is 11.5 Å². The average molecular weight is 491 g/mol. The third kappa shape index (κ3) is 4.34. The summed E-state index contributed by atoms with van der Waals surface area (Å²) in [6.45, 7) is 1.22. The molecule has 0 fully saturated rings. The molecule has 0 aliphatic carbocycles. The molecule has 3 rings (SSSR count). The number of carbonyl (C=O) groups excluding carboxylic acids is 2. The van der Waals surface area contributed by atoms with E-state index in [1.807, 2.05) is 0 Å². The zero-order chi connectivity index (χ0) is 24.6. The van der Waals surface area contributed by atoms with Gasteiger partial charge in [0.15, 0.2) is 11.6 Å². The number of aromatic hydroxyl groups is 2. The van der Waals surface area contributed by atoms with Crippen molar-refractivity contribution in [1.29, 1.82) is 0 Å². The molecule has 0 atom stereocenters. The topological polar surface area (TPSA) is 161 Å². The summed E-state index contributed by atoms with van der Waals surface area (Å²) in [6, 6.07) is 7.11. The van der Waals surface area contributed by atoms with E-state index in [0.717, 1.165) is 42.5 Å². The van der Waals surface area contributed by atoms with Crippen LogP contribution in [0, 0.1) is 27.2 Å². The van der Waals surface area contributed by atoms with Crippen molar-refractivity contribution in [3.05, 3.63) is 101 Å². The summed E-state index contributed by atoms with van der Waals surface area (Å²) >= 11 is 12.0. The number of nitro benzene ring substituents is 2. The SMILES string of the molecule is Cc1c(O)c(C(=O)c2cc([N+](=O)[O-])ccc2Cl)cc(C(=O)c2cc([N+](=O)[O-])ccc2Cl)c1O. The molecule has 0 aliphatic rings. The lowest BCUT2D eigenvalue weighted by Gasteiger charge is -2.14. The maximum Gasteiger partial charge on any atom is 0.270 e. The van der Waals surface area contributed by atoms with E-state index in [1.165, 1.54) is 6.92 Å². The molecule has 3 aromatic carbocycles. The first-order chi connectivity index (χ1) is 15.4. The first-order valence-corrected chi connectivity index (χ1v) is 9.72. The van der Waals surface area contributed by atoms with Crippen LogP contribution in [0.2, 0.25) is 10.0 Å². The highest BCUT2D eigenvalue weighted by molar-refractivity contribution is 6.36. The molecule has 2 N–H and O–H groups in total. The Bertz CT molecular complexity index is 1270. The van der Waals surface area contributed by atoms with Gasteiger partial charge in [0, 0.05) is 41.0 Å². The summed E-state index contributed by atoms with van der Waals surface area (Å²) < 4.78 is 0. The van der Waals surface area contributed by atoms with Crippen LogP contribution in [-0.2, 0) is 0 Å². The highest BCUT2D eigenvalue weighted by atomic mass is 35.5. The molecule has 0 bridgehead atoms. The van der Waals surface area contributed by atoms with Crippen molar-refractivity contribution in [2.24, 2.45) is 0 Å². The average Bonchev–Trinajstić information content (AvgIpc) is 2.77. The van der Waals surface area contributed by atoms with E-state index >= 15 is 0 Å². The van der Waals surface area contributed by atoms with Crippen molar-refractivity contribution in [3.63, 3.8) is 0 Å². The Labute approximate surface area is 194 Å². The number of benzene rings is 3. The number of ketones is 2. The van der Waals surface area contributed by atoms with Gasteiger partial charge in [-0.3, -0.25) is 29.8 Å². The molecular formula is C21H12Cl2N2O8. The summed E-state index contributed by atoms with van der Waals surface area (Å²) in [6.07, 6.45) is 0. The second kappa shape index (κ2) is 8.85. The minimum atomic E-state index is -0.955. The largest absolute Gasteiger partial charge is 0.507 e. The van der Waals surface area contributed by atoms with Crippen LogP contribution in [0.15, 0.2) is 42.5 Å². The number of phenolic OH excluding ortho intramolecular Hbond substituents is 2. The fraction of sp³-hybridized carbons (Fsp3) is 0.0476. The molecule has 0 unspecified atom stereocenters. The molecule has 3 aromatic rings. The Morgan fingerprint density at radius 1 is 0.727 bits per heavy atom. The van der Waals surface area contributed by atoms with Crippen LogP contribution in [0.25, 0.3) is 0 Å². The number of non-ortho nitro benzene ring substituents is 2. The van der Waals surface area contributed by atoms with Gasteiger partial charge >= 0.3 is 0 Å². The van der Waals surface area contributed by atoms with E-state index < -0.39 is 55.4 Å². The molecular weight excluding hydrogens is 479 g/mol. The van der Waals surface area contributed by atoms with E-state index in [1.54, 1.807) is 0 Å². The lowest BCUT2D eigenvalue weighted by molar-refractivity contribution is -0.385. The van der Waals surface area contributed by atoms with Gasteiger partial charge in [0.2, 0.25) is 0 Å². The highest BCUT2D eigenvalue weighted by Crippen LogP contribution is 2.38. The highest BCUT2D eigenvalue weighted by Gasteiger charge is 2.27. The Morgan fingerprint density at radius 2 is 1.09 bits per heavy atom. The summed E-state index contributed by atoms with van der Waals surface area (Å²) in [5.41, 5.74) is -2.70. The molecule has 10 nitrogen and oxygen atoms in total. The molecule has 0 saturated carbocycles. The van der Waals surface area contributed by atoms with Crippen molar-refractivity contribution in [2.45, 2.75) is 6.92 Å². The van der Waals surface area contributed by atoms with Crippen LogP contribution in [0.3, 0.4) is 0 Å². The Balaban J connectivity index is 2.20. The smallest absolute Gasteiger partial charge is 0.270 e. The fourth-order valence-electron chi connectivity index (χ4n) is 3.04. The quantitative estimate of drug-likeness (QED) is 0.277. The minimum Gasteiger partial charge on any atom is -0.507 e. The summed E-state index contributed by atoms with van der Waals surface area (Å²) in [5, 5.41) is 42.7. The predicted octanol–water partition coefficient (Wildman–Crippen LogP) is 4.99. The third-order valence-corrected chi connectivity index (χ3v) is 5.47. The molecule has 0 amide bonds. The van der Waals surface area contributed by atoms with E-state index in [-0.39, 0.29) is 26.7 Å². The molecule has 0 radical (unpaired) electrons. The molecule has 0 spiro atoms. The van der Waals surface area contributed by atoms with Gasteiger partial charge in [-0.15, -0.1) is 0 Å². The summed E-state index contributed by atoms with van der Waals surface area (Å²) in [5.74, 6) is -3.27. The van der Waals surface area contributed by atoms with Crippen molar-refractivity contribution in [3.8, 4) is 11.5 Å². The van der Waals surface area contributed by atoms with Gasteiger partial charge in [-0.2, -0.15) is 0 Å². The third-order valence-electron chi connectivity index (χ3n) is 4.81. The zero-order valence-electron chi connectivity index (χ0n) is 16.5. The van der Waals surface area contributed by atoms with E-state index in [2.05, 4.69) is 0 Å². The predicted molar refractivity (Wildman–Crippen MR) is 118 cm³/mol. The van der Waals surface area contributed by atoms with Gasteiger partial charge in [-0.25, -0.2) is 0 Å². The number of hydrogen-bond acceptors (Lipinski definition) is 8. The van der Waals surface area contributed by atoms with Crippen LogP contribution in [-0.4, -0.2) is 31.6 Å². The first-order valence-electron chi connectivity index (χ1n) is 8.96.